The van der Waals surface area contributed by atoms with Crippen molar-refractivity contribution in [1.29, 1.82) is 0 Å². The minimum Gasteiger partial charge on any atom is -0.497 e. The van der Waals surface area contributed by atoms with Gasteiger partial charge in [0.1, 0.15) is 23.6 Å². The highest BCUT2D eigenvalue weighted by atomic mass is 16.6. The molecule has 9 nitrogen and oxygen atoms in total. The highest BCUT2D eigenvalue weighted by Crippen LogP contribution is 2.33. The van der Waals surface area contributed by atoms with Crippen molar-refractivity contribution in [2.24, 2.45) is 0 Å². The molecule has 2 heterocycles. The van der Waals surface area contributed by atoms with Gasteiger partial charge in [-0.1, -0.05) is 0 Å². The monoisotopic (exact) mass is 449 g/mol. The Bertz CT molecular complexity index is 1080. The molecule has 1 aliphatic heterocycles. The maximum atomic E-state index is 12.1. The lowest BCUT2D eigenvalue weighted by Crippen LogP contribution is -2.38. The van der Waals surface area contributed by atoms with Crippen molar-refractivity contribution in [1.82, 2.24) is 15.3 Å². The summed E-state index contributed by atoms with van der Waals surface area (Å²) in [5, 5.41) is 9.19. The molecule has 3 aromatic rings. The number of aromatic nitrogens is 2. The zero-order chi connectivity index (χ0) is 23.0. The highest BCUT2D eigenvalue weighted by molar-refractivity contribution is 5.85. The maximum Gasteiger partial charge on any atom is 0.413 e. The average Bonchev–Trinajstić information content (AvgIpc) is 2.85. The summed E-state index contributed by atoms with van der Waals surface area (Å²) in [5.41, 5.74) is 3.00. The third kappa shape index (κ3) is 5.89. The molecule has 1 amide bonds. The number of methoxy groups -OCH3 is 2. The van der Waals surface area contributed by atoms with Gasteiger partial charge in [-0.25, -0.2) is 14.8 Å². The van der Waals surface area contributed by atoms with Gasteiger partial charge in [-0.3, -0.25) is 10.6 Å². The molecular weight excluding hydrogens is 422 g/mol. The summed E-state index contributed by atoms with van der Waals surface area (Å²) in [6.45, 7) is 0.869. The minimum atomic E-state index is -0.469. The number of anilines is 3. The van der Waals surface area contributed by atoms with Gasteiger partial charge in [0.25, 0.3) is 0 Å². The molecule has 1 atom stereocenters. The van der Waals surface area contributed by atoms with Crippen molar-refractivity contribution < 1.29 is 19.0 Å². The van der Waals surface area contributed by atoms with Crippen molar-refractivity contribution in [2.75, 3.05) is 31.4 Å². The van der Waals surface area contributed by atoms with Crippen molar-refractivity contribution in [3.63, 3.8) is 0 Å². The molecule has 0 spiro atoms. The van der Waals surface area contributed by atoms with E-state index in [1.54, 1.807) is 26.4 Å². The number of carbonyl (C=O) groups excluding carboxylic acids is 1. The van der Waals surface area contributed by atoms with Crippen LogP contribution in [0.5, 0.6) is 11.5 Å². The molecule has 0 aliphatic carbocycles. The van der Waals surface area contributed by atoms with Gasteiger partial charge in [0, 0.05) is 29.1 Å². The lowest BCUT2D eigenvalue weighted by molar-refractivity contribution is 0.0716. The summed E-state index contributed by atoms with van der Waals surface area (Å²) in [4.78, 5) is 20.8. The number of nitrogens with zero attached hydrogens (tertiary/aromatic N) is 2. The number of nitrogens with one attached hydrogen (secondary N) is 3. The van der Waals surface area contributed by atoms with E-state index in [1.165, 1.54) is 6.33 Å². The van der Waals surface area contributed by atoms with Gasteiger partial charge >= 0.3 is 6.09 Å². The first-order chi connectivity index (χ1) is 16.1. The molecule has 0 radical (unpaired) electrons. The highest BCUT2D eigenvalue weighted by Gasteiger charge is 2.17. The number of hydrogen-bond acceptors (Lipinski definition) is 8. The van der Waals surface area contributed by atoms with E-state index in [-0.39, 0.29) is 6.23 Å². The Morgan fingerprint density at radius 2 is 1.82 bits per heavy atom. The van der Waals surface area contributed by atoms with E-state index in [0.29, 0.717) is 28.7 Å². The third-order valence-corrected chi connectivity index (χ3v) is 5.27. The molecule has 1 aromatic heterocycles. The second kappa shape index (κ2) is 10.6. The number of benzene rings is 2. The summed E-state index contributed by atoms with van der Waals surface area (Å²) < 4.78 is 16.1. The van der Waals surface area contributed by atoms with Crippen LogP contribution in [0.1, 0.15) is 19.3 Å². The van der Waals surface area contributed by atoms with Gasteiger partial charge in [0.2, 0.25) is 0 Å². The van der Waals surface area contributed by atoms with Crippen molar-refractivity contribution in [3.05, 3.63) is 54.9 Å². The van der Waals surface area contributed by atoms with Crippen LogP contribution in [0.15, 0.2) is 54.9 Å². The van der Waals surface area contributed by atoms with Gasteiger partial charge < -0.3 is 19.5 Å². The quantitative estimate of drug-likeness (QED) is 0.482. The molecule has 4 rings (SSSR count). The van der Waals surface area contributed by atoms with Gasteiger partial charge in [-0.15, -0.1) is 0 Å². The third-order valence-electron chi connectivity index (χ3n) is 5.27. The van der Waals surface area contributed by atoms with Crippen LogP contribution >= 0.6 is 0 Å². The van der Waals surface area contributed by atoms with Gasteiger partial charge in [0.05, 0.1) is 19.9 Å². The number of piperidine rings is 1. The van der Waals surface area contributed by atoms with E-state index in [9.17, 15) is 4.79 Å². The fourth-order valence-corrected chi connectivity index (χ4v) is 3.56. The molecule has 1 aliphatic rings. The molecular formula is C24H27N5O4. The molecule has 0 bridgehead atoms. The van der Waals surface area contributed by atoms with E-state index in [0.717, 1.165) is 37.1 Å². The molecule has 0 saturated carbocycles. The predicted molar refractivity (Wildman–Crippen MR) is 126 cm³/mol. The van der Waals surface area contributed by atoms with Crippen LogP contribution < -0.4 is 25.4 Å². The fraction of sp³-hybridized carbons (Fsp3) is 0.292. The van der Waals surface area contributed by atoms with E-state index in [4.69, 9.17) is 14.2 Å². The number of amides is 1. The summed E-state index contributed by atoms with van der Waals surface area (Å²) in [6.07, 6.45) is 3.80. The van der Waals surface area contributed by atoms with Crippen LogP contribution in [0, 0.1) is 0 Å². The Hall–Kier alpha value is -3.85. The van der Waals surface area contributed by atoms with Crippen molar-refractivity contribution in [2.45, 2.75) is 25.5 Å². The molecule has 3 N–H and O–H groups in total. The zero-order valence-electron chi connectivity index (χ0n) is 18.6. The standard InChI is InChI=1S/C24H27N5O4/c1-31-18-10-11-19(21(13-18)32-2)20-14-22(27-15-26-20)28-16-6-8-17(9-7-16)29-24(30)33-23-5-3-4-12-25-23/h6-11,13-15,23,25H,3-5,12H2,1-2H3,(H,29,30)(H,26,27,28)/t23-/m0/s1. The zero-order valence-corrected chi connectivity index (χ0v) is 18.6. The predicted octanol–water partition coefficient (Wildman–Crippen LogP) is 4.55. The first-order valence-corrected chi connectivity index (χ1v) is 10.8. The van der Waals surface area contributed by atoms with Gasteiger partial charge in [-0.2, -0.15) is 0 Å². The van der Waals surface area contributed by atoms with Crippen LogP contribution in [0.4, 0.5) is 22.0 Å². The van der Waals surface area contributed by atoms with Crippen LogP contribution in [0.3, 0.4) is 0 Å². The van der Waals surface area contributed by atoms with Gasteiger partial charge in [-0.05, 0) is 62.2 Å². The normalized spacial score (nSPS) is 15.4. The summed E-state index contributed by atoms with van der Waals surface area (Å²) >= 11 is 0. The van der Waals surface area contributed by atoms with Crippen LogP contribution in [-0.4, -0.2) is 43.1 Å². The minimum absolute atomic E-state index is 0.226. The van der Waals surface area contributed by atoms with E-state index in [2.05, 4.69) is 25.9 Å². The molecule has 172 valence electrons. The summed E-state index contributed by atoms with van der Waals surface area (Å²) in [6, 6.07) is 14.7. The van der Waals surface area contributed by atoms with Crippen LogP contribution in [-0.2, 0) is 4.74 Å². The van der Waals surface area contributed by atoms with Crippen molar-refractivity contribution in [3.8, 4) is 22.8 Å². The number of hydrogen-bond donors (Lipinski definition) is 3. The van der Waals surface area contributed by atoms with Crippen LogP contribution in [0.25, 0.3) is 11.3 Å². The van der Waals surface area contributed by atoms with E-state index in [1.807, 2.05) is 36.4 Å². The lowest BCUT2D eigenvalue weighted by Gasteiger charge is -2.23. The van der Waals surface area contributed by atoms with Crippen molar-refractivity contribution >= 4 is 23.3 Å². The summed E-state index contributed by atoms with van der Waals surface area (Å²) in [7, 11) is 3.22. The van der Waals surface area contributed by atoms with Gasteiger partial charge in [0.15, 0.2) is 6.23 Å². The Morgan fingerprint density at radius 1 is 1.00 bits per heavy atom. The largest absolute Gasteiger partial charge is 0.497 e. The Balaban J connectivity index is 1.40. The Morgan fingerprint density at radius 3 is 2.55 bits per heavy atom. The molecule has 0 unspecified atom stereocenters. The first-order valence-electron chi connectivity index (χ1n) is 10.8. The topological polar surface area (TPSA) is 107 Å². The number of ether oxygens (including phenoxy) is 3. The number of rotatable bonds is 7. The maximum absolute atomic E-state index is 12.1. The second-order valence-corrected chi connectivity index (χ2v) is 7.53. The average molecular weight is 450 g/mol. The lowest BCUT2D eigenvalue weighted by atomic mass is 10.1. The Labute approximate surface area is 192 Å². The number of carbonyl (C=O) groups is 1. The van der Waals surface area contributed by atoms with E-state index < -0.39 is 6.09 Å². The smallest absolute Gasteiger partial charge is 0.413 e. The molecule has 1 fully saturated rings. The van der Waals surface area contributed by atoms with E-state index >= 15 is 0 Å². The first kappa shape index (κ1) is 22.3. The molecule has 33 heavy (non-hydrogen) atoms. The molecule has 1 saturated heterocycles. The second-order valence-electron chi connectivity index (χ2n) is 7.53. The Kier molecular flexibility index (Phi) is 7.21. The molecule has 2 aromatic carbocycles. The molecule has 9 heteroatoms. The SMILES string of the molecule is COc1ccc(-c2cc(Nc3ccc(NC(=O)O[C@H]4CCCCN4)cc3)ncn2)c(OC)c1. The van der Waals surface area contributed by atoms with Crippen LogP contribution in [0.2, 0.25) is 0 Å². The fourth-order valence-electron chi connectivity index (χ4n) is 3.56. The summed E-state index contributed by atoms with van der Waals surface area (Å²) in [5.74, 6) is 1.99.